The third-order valence-electron chi connectivity index (χ3n) is 6.03. The lowest BCUT2D eigenvalue weighted by Gasteiger charge is -2.36. The van der Waals surface area contributed by atoms with Crippen LogP contribution in [0.5, 0.6) is 11.6 Å². The average Bonchev–Trinajstić information content (AvgIpc) is 3.18. The van der Waals surface area contributed by atoms with Gasteiger partial charge in [-0.15, -0.1) is 0 Å². The summed E-state index contributed by atoms with van der Waals surface area (Å²) in [6, 6.07) is 11.6. The van der Waals surface area contributed by atoms with Crippen LogP contribution in [0.4, 0.5) is 5.69 Å². The fourth-order valence-electron chi connectivity index (χ4n) is 4.71. The lowest BCUT2D eigenvalue weighted by molar-refractivity contribution is 0.0221. The maximum Gasteiger partial charge on any atom is 0.340 e. The van der Waals surface area contributed by atoms with Crippen LogP contribution in [-0.2, 0) is 17.4 Å². The van der Waals surface area contributed by atoms with Crippen LogP contribution in [0.1, 0.15) is 46.6 Å². The van der Waals surface area contributed by atoms with Gasteiger partial charge >= 0.3 is 5.97 Å². The van der Waals surface area contributed by atoms with Crippen LogP contribution in [0.25, 0.3) is 0 Å². The second kappa shape index (κ2) is 6.60. The van der Waals surface area contributed by atoms with Gasteiger partial charge in [-0.25, -0.2) is 9.48 Å². The molecule has 1 atom stereocenters. The first kappa shape index (κ1) is 19.2. The van der Waals surface area contributed by atoms with Gasteiger partial charge in [-0.05, 0) is 48.8 Å². The molecule has 1 spiro atoms. The molecule has 0 radical (unpaired) electrons. The molecule has 3 heterocycles. The Kier molecular flexibility index (Phi) is 4.22. The smallest absolute Gasteiger partial charge is 0.340 e. The second-order valence-electron chi connectivity index (χ2n) is 7.58. The topological polar surface area (TPSA) is 56.6 Å². The number of ether oxygens (including phenoxy) is 2. The summed E-state index contributed by atoms with van der Waals surface area (Å²) in [5.41, 5.74) is 3.69. The Morgan fingerprint density at radius 2 is 1.90 bits per heavy atom. The second-order valence-corrected chi connectivity index (χ2v) is 8.43. The molecule has 0 bridgehead atoms. The zero-order valence-electron chi connectivity index (χ0n) is 17.3. The number of benzene rings is 2. The van der Waals surface area contributed by atoms with Gasteiger partial charge in [-0.3, -0.25) is 0 Å². The molecule has 0 saturated heterocycles. The predicted octanol–water partition coefficient (Wildman–Crippen LogP) is 4.91. The first-order valence-electron chi connectivity index (χ1n) is 10.1. The molecule has 0 fully saturated rings. The summed E-state index contributed by atoms with van der Waals surface area (Å²) in [4.78, 5) is 15.2. The molecule has 0 amide bonds. The van der Waals surface area contributed by atoms with E-state index in [1.165, 1.54) is 0 Å². The molecule has 6 nitrogen and oxygen atoms in total. The van der Waals surface area contributed by atoms with Crippen LogP contribution in [0.15, 0.2) is 40.9 Å². The highest BCUT2D eigenvalue weighted by Gasteiger charge is 2.56. The molecule has 5 rings (SSSR count). The van der Waals surface area contributed by atoms with Gasteiger partial charge in [0.05, 0.1) is 22.5 Å². The van der Waals surface area contributed by atoms with Crippen molar-refractivity contribution in [3.63, 3.8) is 0 Å². The summed E-state index contributed by atoms with van der Waals surface area (Å²) < 4.78 is 15.2. The Labute approximate surface area is 183 Å². The third-order valence-corrected chi connectivity index (χ3v) is 6.67. The number of carbonyl (C=O) groups is 1. The number of fused-ring (bicyclic) bond motifs is 6. The molecule has 3 aromatic rings. The summed E-state index contributed by atoms with van der Waals surface area (Å²) in [7, 11) is 1.84. The highest BCUT2D eigenvalue weighted by molar-refractivity contribution is 9.10. The zero-order chi connectivity index (χ0) is 21.2. The highest BCUT2D eigenvalue weighted by atomic mass is 79.9. The molecule has 1 unspecified atom stereocenters. The highest BCUT2D eigenvalue weighted by Crippen LogP contribution is 2.58. The van der Waals surface area contributed by atoms with E-state index in [4.69, 9.17) is 9.47 Å². The molecular formula is C23H22BrN3O3. The summed E-state index contributed by atoms with van der Waals surface area (Å²) in [5.74, 6) is 0.925. The molecule has 154 valence electrons. The fourth-order valence-corrected chi connectivity index (χ4v) is 5.30. The lowest BCUT2D eigenvalue weighted by Crippen LogP contribution is -2.34. The minimum Gasteiger partial charge on any atom is -0.440 e. The van der Waals surface area contributed by atoms with Crippen molar-refractivity contribution < 1.29 is 14.3 Å². The van der Waals surface area contributed by atoms with Crippen molar-refractivity contribution in [2.45, 2.75) is 26.4 Å². The number of rotatable bonds is 3. The Morgan fingerprint density at radius 1 is 1.17 bits per heavy atom. The summed E-state index contributed by atoms with van der Waals surface area (Å²) in [5, 5.41) is 4.58. The van der Waals surface area contributed by atoms with E-state index >= 15 is 0 Å². The number of carbonyl (C=O) groups excluding carboxylic acids is 1. The molecule has 0 aliphatic carbocycles. The number of hydrogen-bond donors (Lipinski definition) is 0. The maximum absolute atomic E-state index is 12.9. The van der Waals surface area contributed by atoms with Crippen molar-refractivity contribution >= 4 is 27.6 Å². The SMILES string of the molecule is CCN(CC)c1cc2c(cc1Br)C1(OC(=O)c3ccccc31)c1c(C)nn(C)c1O2. The zero-order valence-corrected chi connectivity index (χ0v) is 18.9. The first-order chi connectivity index (χ1) is 14.4. The van der Waals surface area contributed by atoms with E-state index in [1.807, 2.05) is 50.4 Å². The largest absolute Gasteiger partial charge is 0.440 e. The van der Waals surface area contributed by atoms with Gasteiger partial charge in [-0.1, -0.05) is 18.2 Å². The summed E-state index contributed by atoms with van der Waals surface area (Å²) in [6.07, 6.45) is 0. The van der Waals surface area contributed by atoms with Gasteiger partial charge in [0, 0.05) is 41.8 Å². The molecular weight excluding hydrogens is 446 g/mol. The Bertz CT molecular complexity index is 1200. The van der Waals surface area contributed by atoms with Crippen LogP contribution in [0.3, 0.4) is 0 Å². The predicted molar refractivity (Wildman–Crippen MR) is 117 cm³/mol. The quantitative estimate of drug-likeness (QED) is 0.512. The standard InChI is InChI=1S/C23H22BrN3O3/c1-5-27(6-2)18-12-19-16(11-17(18)24)23(20-13(3)25-26(4)21(20)29-19)15-10-8-7-9-14(15)22(28)30-23/h7-12H,5-6H2,1-4H3. The van der Waals surface area contributed by atoms with Crippen LogP contribution in [0, 0.1) is 6.92 Å². The molecule has 0 N–H and O–H groups in total. The Balaban J connectivity index is 1.86. The van der Waals surface area contributed by atoms with Crippen molar-refractivity contribution in [1.29, 1.82) is 0 Å². The average molecular weight is 468 g/mol. The van der Waals surface area contributed by atoms with Gasteiger partial charge in [0.2, 0.25) is 5.88 Å². The number of halogens is 1. The third kappa shape index (κ3) is 2.35. The Hall–Kier alpha value is -2.80. The van der Waals surface area contributed by atoms with Crippen LogP contribution in [0.2, 0.25) is 0 Å². The first-order valence-corrected chi connectivity index (χ1v) is 10.8. The van der Waals surface area contributed by atoms with E-state index in [1.54, 1.807) is 4.68 Å². The molecule has 7 heteroatoms. The van der Waals surface area contributed by atoms with Crippen LogP contribution < -0.4 is 9.64 Å². The van der Waals surface area contributed by atoms with Gasteiger partial charge in [0.15, 0.2) is 5.60 Å². The van der Waals surface area contributed by atoms with Gasteiger partial charge in [-0.2, -0.15) is 5.10 Å². The van der Waals surface area contributed by atoms with E-state index < -0.39 is 5.60 Å². The molecule has 0 saturated carbocycles. The van der Waals surface area contributed by atoms with Gasteiger partial charge in [0.25, 0.3) is 0 Å². The lowest BCUT2D eigenvalue weighted by atomic mass is 9.78. The number of nitrogens with zero attached hydrogens (tertiary/aromatic N) is 3. The van der Waals surface area contributed by atoms with E-state index in [2.05, 4.69) is 39.8 Å². The van der Waals surface area contributed by atoms with Crippen molar-refractivity contribution in [3.05, 3.63) is 68.8 Å². The number of hydrogen-bond acceptors (Lipinski definition) is 5. The van der Waals surface area contributed by atoms with Gasteiger partial charge in [0.1, 0.15) is 5.75 Å². The number of aromatic nitrogens is 2. The number of aryl methyl sites for hydroxylation is 2. The summed E-state index contributed by atoms with van der Waals surface area (Å²) in [6.45, 7) is 7.90. The van der Waals surface area contributed by atoms with Gasteiger partial charge < -0.3 is 14.4 Å². The summed E-state index contributed by atoms with van der Waals surface area (Å²) >= 11 is 3.75. The van der Waals surface area contributed by atoms with E-state index in [0.29, 0.717) is 17.2 Å². The fraction of sp³-hybridized carbons (Fsp3) is 0.304. The number of anilines is 1. The molecule has 30 heavy (non-hydrogen) atoms. The monoisotopic (exact) mass is 467 g/mol. The van der Waals surface area contributed by atoms with E-state index in [0.717, 1.165) is 45.6 Å². The molecule has 1 aromatic heterocycles. The van der Waals surface area contributed by atoms with Crippen molar-refractivity contribution in [3.8, 4) is 11.6 Å². The Morgan fingerprint density at radius 3 is 2.63 bits per heavy atom. The van der Waals surface area contributed by atoms with E-state index in [-0.39, 0.29) is 5.97 Å². The molecule has 2 aliphatic heterocycles. The molecule has 2 aromatic carbocycles. The minimum absolute atomic E-state index is 0.336. The molecule has 2 aliphatic rings. The maximum atomic E-state index is 12.9. The number of esters is 1. The van der Waals surface area contributed by atoms with Crippen molar-refractivity contribution in [2.24, 2.45) is 7.05 Å². The normalized spacial score (nSPS) is 18.5. The van der Waals surface area contributed by atoms with Crippen LogP contribution in [-0.4, -0.2) is 28.8 Å². The van der Waals surface area contributed by atoms with Crippen LogP contribution >= 0.6 is 15.9 Å². The van der Waals surface area contributed by atoms with Crippen molar-refractivity contribution in [1.82, 2.24) is 9.78 Å². The van der Waals surface area contributed by atoms with E-state index in [9.17, 15) is 4.79 Å². The minimum atomic E-state index is -1.08. The van der Waals surface area contributed by atoms with Crippen molar-refractivity contribution in [2.75, 3.05) is 18.0 Å².